The lowest BCUT2D eigenvalue weighted by molar-refractivity contribution is -0.182. The van der Waals surface area contributed by atoms with E-state index in [0.717, 1.165) is 41.4 Å². The summed E-state index contributed by atoms with van der Waals surface area (Å²) in [6.07, 6.45) is 17.6. The molecule has 0 fully saturated rings. The smallest absolute Gasteiger partial charge is 0.355 e. The van der Waals surface area contributed by atoms with Gasteiger partial charge in [0.1, 0.15) is 18.7 Å². The standard InChI is InChI=1S/C48H69N5O9/c1-3-5-6-7-8-9-10-11-12-13-14-15-16-17-25-39(46(58)59)52-44(56)38(24-20-21-28-49)50-41(54)26-27-42(55)62-48(4-2)36-30-40-43-34(29-33-22-18-19-23-37(33)51-43)31-53(40)45(57)35(36)32-61-47(48)60/h18-19,22-23,29,38-40H,3-17,20-21,24-28,30-32,49H2,1-2H3,(H,50,54)(H,52,56)(H,58,59)/t38?,39?,40?,48-/m0/s1. The van der Waals surface area contributed by atoms with Gasteiger partial charge in [0.2, 0.25) is 17.4 Å². The number of amides is 3. The van der Waals surface area contributed by atoms with E-state index in [0.29, 0.717) is 37.9 Å². The van der Waals surface area contributed by atoms with Crippen molar-refractivity contribution >= 4 is 46.5 Å². The number of carboxylic acid groups (broad SMARTS) is 1. The molecule has 0 radical (unpaired) electrons. The summed E-state index contributed by atoms with van der Waals surface area (Å²) >= 11 is 0. The molecule has 340 valence electrons. The summed E-state index contributed by atoms with van der Waals surface area (Å²) in [5.74, 6) is -4.29. The number of carbonyl (C=O) groups excluding carboxylic acids is 5. The number of benzene rings is 1. The van der Waals surface area contributed by atoms with Gasteiger partial charge in [-0.05, 0) is 68.3 Å². The molecule has 0 saturated heterocycles. The highest BCUT2D eigenvalue weighted by Crippen LogP contribution is 2.48. The van der Waals surface area contributed by atoms with Crippen molar-refractivity contribution in [2.75, 3.05) is 13.2 Å². The fourth-order valence-electron chi connectivity index (χ4n) is 9.10. The number of aromatic nitrogens is 1. The molecule has 14 nitrogen and oxygen atoms in total. The monoisotopic (exact) mass is 860 g/mol. The third kappa shape index (κ3) is 12.6. The number of hydrogen-bond acceptors (Lipinski definition) is 10. The molecule has 2 aromatic rings. The average molecular weight is 860 g/mol. The minimum absolute atomic E-state index is 0.00803. The van der Waals surface area contributed by atoms with Crippen LogP contribution in [0.3, 0.4) is 0 Å². The molecule has 3 unspecified atom stereocenters. The van der Waals surface area contributed by atoms with Gasteiger partial charge in [-0.25, -0.2) is 9.59 Å². The van der Waals surface area contributed by atoms with E-state index in [-0.39, 0.29) is 50.2 Å². The lowest BCUT2D eigenvalue weighted by Gasteiger charge is -2.42. The number of hydrogen-bond donors (Lipinski definition) is 4. The molecule has 5 rings (SSSR count). The van der Waals surface area contributed by atoms with Crippen molar-refractivity contribution in [3.05, 3.63) is 52.7 Å². The van der Waals surface area contributed by atoms with E-state index in [4.69, 9.17) is 20.2 Å². The van der Waals surface area contributed by atoms with Crippen LogP contribution in [0.25, 0.3) is 10.9 Å². The van der Waals surface area contributed by atoms with Gasteiger partial charge in [0, 0.05) is 18.4 Å². The van der Waals surface area contributed by atoms with E-state index in [2.05, 4.69) is 17.6 Å². The second kappa shape index (κ2) is 24.1. The second-order valence-corrected chi connectivity index (χ2v) is 17.3. The number of unbranched alkanes of at least 4 members (excludes halogenated alkanes) is 14. The van der Waals surface area contributed by atoms with Crippen molar-refractivity contribution in [2.45, 2.75) is 185 Å². The van der Waals surface area contributed by atoms with Crippen molar-refractivity contribution in [2.24, 2.45) is 5.73 Å². The van der Waals surface area contributed by atoms with Crippen LogP contribution in [-0.2, 0) is 44.8 Å². The number of esters is 2. The van der Waals surface area contributed by atoms with E-state index >= 15 is 0 Å². The number of pyridine rings is 1. The number of ether oxygens (including phenoxy) is 2. The fourth-order valence-corrected chi connectivity index (χ4v) is 9.10. The first-order valence-corrected chi connectivity index (χ1v) is 23.4. The lowest BCUT2D eigenvalue weighted by Crippen LogP contribution is -2.54. The van der Waals surface area contributed by atoms with Gasteiger partial charge in [0.05, 0.1) is 29.2 Å². The first-order valence-electron chi connectivity index (χ1n) is 23.4. The number of cyclic esters (lactones) is 1. The van der Waals surface area contributed by atoms with Crippen LogP contribution in [0.4, 0.5) is 0 Å². The van der Waals surface area contributed by atoms with Gasteiger partial charge in [-0.3, -0.25) is 24.2 Å². The topological polar surface area (TPSA) is 207 Å². The maximum Gasteiger partial charge on any atom is 0.355 e. The first kappa shape index (κ1) is 48.2. The predicted molar refractivity (Wildman–Crippen MR) is 235 cm³/mol. The zero-order valence-electron chi connectivity index (χ0n) is 37.0. The van der Waals surface area contributed by atoms with Crippen molar-refractivity contribution in [1.82, 2.24) is 20.5 Å². The summed E-state index contributed by atoms with van der Waals surface area (Å²) in [4.78, 5) is 86.4. The number of carbonyl (C=O) groups is 6. The number of nitrogens with one attached hydrogen (secondary N) is 2. The number of para-hydroxylation sites is 1. The third-order valence-electron chi connectivity index (χ3n) is 12.7. The number of fused-ring (bicyclic) bond motifs is 4. The molecule has 3 aliphatic heterocycles. The molecule has 4 atom stereocenters. The van der Waals surface area contributed by atoms with Gasteiger partial charge < -0.3 is 35.8 Å². The molecule has 14 heteroatoms. The molecule has 0 aliphatic carbocycles. The summed E-state index contributed by atoms with van der Waals surface area (Å²) in [5, 5.41) is 16.2. The third-order valence-corrected chi connectivity index (χ3v) is 12.7. The van der Waals surface area contributed by atoms with Crippen LogP contribution in [0, 0.1) is 0 Å². The Morgan fingerprint density at radius 2 is 1.50 bits per heavy atom. The van der Waals surface area contributed by atoms with Crippen LogP contribution in [0.1, 0.15) is 172 Å². The molecule has 3 amide bonds. The van der Waals surface area contributed by atoms with Crippen LogP contribution < -0.4 is 16.4 Å². The second-order valence-electron chi connectivity index (χ2n) is 17.3. The minimum atomic E-state index is -1.86. The van der Waals surface area contributed by atoms with E-state index in [1.807, 2.05) is 30.3 Å². The Bertz CT molecular complexity index is 1920. The van der Waals surface area contributed by atoms with E-state index in [9.17, 15) is 33.9 Å². The molecular weight excluding hydrogens is 791 g/mol. The summed E-state index contributed by atoms with van der Waals surface area (Å²) in [7, 11) is 0. The number of rotatable bonds is 28. The number of carboxylic acids is 1. The summed E-state index contributed by atoms with van der Waals surface area (Å²) in [5.41, 5.74) is 6.94. The molecular formula is C48H69N5O9. The maximum absolute atomic E-state index is 13.9. The molecule has 62 heavy (non-hydrogen) atoms. The Morgan fingerprint density at radius 3 is 2.15 bits per heavy atom. The van der Waals surface area contributed by atoms with E-state index in [1.165, 1.54) is 64.2 Å². The van der Waals surface area contributed by atoms with Crippen molar-refractivity contribution in [3.8, 4) is 0 Å². The van der Waals surface area contributed by atoms with Gasteiger partial charge in [0.25, 0.3) is 5.91 Å². The molecule has 1 aromatic heterocycles. The molecule has 3 aliphatic rings. The van der Waals surface area contributed by atoms with Crippen LogP contribution in [0.15, 0.2) is 41.5 Å². The van der Waals surface area contributed by atoms with Crippen LogP contribution in [0.5, 0.6) is 0 Å². The number of nitrogens with two attached hydrogens (primary N) is 1. The Morgan fingerprint density at radius 1 is 0.871 bits per heavy atom. The van der Waals surface area contributed by atoms with E-state index < -0.39 is 59.9 Å². The SMILES string of the molecule is CCCCCCCCCCCCCCCCC(NC(=O)C(CCCCN)NC(=O)CCC(=O)O[C@]1(CC)C(=O)OCC2=C1CC1c3nc4ccccc4cc3CN1C2=O)C(=O)O. The average Bonchev–Trinajstić information content (AvgIpc) is 3.62. The van der Waals surface area contributed by atoms with Gasteiger partial charge in [0.15, 0.2) is 0 Å². The van der Waals surface area contributed by atoms with Gasteiger partial charge >= 0.3 is 17.9 Å². The highest BCUT2D eigenvalue weighted by atomic mass is 16.6. The number of nitrogens with zero attached hydrogens (tertiary/aromatic N) is 2. The van der Waals surface area contributed by atoms with Gasteiger partial charge in [-0.1, -0.05) is 122 Å². The van der Waals surface area contributed by atoms with Crippen molar-refractivity contribution in [3.63, 3.8) is 0 Å². The first-order chi connectivity index (χ1) is 30.0. The molecule has 5 N–H and O–H groups in total. The minimum Gasteiger partial charge on any atom is -0.480 e. The number of aliphatic carboxylic acids is 1. The van der Waals surface area contributed by atoms with Gasteiger partial charge in [-0.15, -0.1) is 0 Å². The largest absolute Gasteiger partial charge is 0.480 e. The fraction of sp³-hybridized carbons (Fsp3) is 0.646. The quantitative estimate of drug-likeness (QED) is 0.0490. The predicted octanol–water partition coefficient (Wildman–Crippen LogP) is 7.40. The van der Waals surface area contributed by atoms with Crippen LogP contribution in [-0.4, -0.2) is 81.5 Å². The van der Waals surface area contributed by atoms with Gasteiger partial charge in [-0.2, -0.15) is 0 Å². The molecule has 0 saturated carbocycles. The maximum atomic E-state index is 13.9. The normalized spacial score (nSPS) is 19.0. The Kier molecular flexibility index (Phi) is 18.7. The van der Waals surface area contributed by atoms with Crippen LogP contribution in [0.2, 0.25) is 0 Å². The van der Waals surface area contributed by atoms with E-state index in [1.54, 1.807) is 11.8 Å². The zero-order chi connectivity index (χ0) is 44.5. The summed E-state index contributed by atoms with van der Waals surface area (Å²) < 4.78 is 11.4. The lowest BCUT2D eigenvalue weighted by atomic mass is 9.78. The molecule has 0 bridgehead atoms. The van der Waals surface area contributed by atoms with Crippen molar-refractivity contribution < 1.29 is 43.3 Å². The summed E-state index contributed by atoms with van der Waals surface area (Å²) in [6.45, 7) is 4.42. The molecule has 1 aromatic carbocycles. The zero-order valence-corrected chi connectivity index (χ0v) is 37.0. The highest BCUT2D eigenvalue weighted by Gasteiger charge is 2.55. The Hall–Kier alpha value is -4.85. The Balaban J connectivity index is 1.10. The van der Waals surface area contributed by atoms with Crippen LogP contribution >= 0.6 is 0 Å². The summed E-state index contributed by atoms with van der Waals surface area (Å²) in [6, 6.07) is 7.13. The van der Waals surface area contributed by atoms with Crippen molar-refractivity contribution in [1.29, 1.82) is 0 Å². The molecule has 0 spiro atoms. The Labute approximate surface area is 366 Å². The highest BCUT2D eigenvalue weighted by molar-refractivity contribution is 6.02. The molecule has 4 heterocycles.